The lowest BCUT2D eigenvalue weighted by Crippen LogP contribution is -2.57. The molecule has 1 amide bonds. The number of amides is 1. The van der Waals surface area contributed by atoms with Gasteiger partial charge in [-0.1, -0.05) is 38.5 Å². The molecule has 0 radical (unpaired) electrons. The van der Waals surface area contributed by atoms with Gasteiger partial charge in [0.15, 0.2) is 0 Å². The van der Waals surface area contributed by atoms with Crippen molar-refractivity contribution in [2.75, 3.05) is 6.54 Å². The predicted octanol–water partition coefficient (Wildman–Crippen LogP) is 2.57. The van der Waals surface area contributed by atoms with Crippen molar-refractivity contribution in [3.8, 4) is 0 Å². The van der Waals surface area contributed by atoms with E-state index in [4.69, 9.17) is 4.18 Å². The van der Waals surface area contributed by atoms with Gasteiger partial charge in [0.25, 0.3) is 10.1 Å². The van der Waals surface area contributed by atoms with E-state index in [1.54, 1.807) is 32.9 Å². The van der Waals surface area contributed by atoms with Crippen LogP contribution in [0.4, 0.5) is 4.79 Å². The minimum absolute atomic E-state index is 0.0634. The molecule has 1 aromatic rings. The number of aryl methyl sites for hydroxylation is 1. The predicted molar refractivity (Wildman–Crippen MR) is 97.0 cm³/mol. The van der Waals surface area contributed by atoms with Crippen LogP contribution >= 0.6 is 0 Å². The van der Waals surface area contributed by atoms with Crippen LogP contribution in [0.5, 0.6) is 0 Å². The molecule has 8 nitrogen and oxygen atoms in total. The Morgan fingerprint density at radius 1 is 1.19 bits per heavy atom. The van der Waals surface area contributed by atoms with Crippen LogP contribution in [0.25, 0.3) is 0 Å². The molecular weight excluding hydrogens is 374 g/mol. The monoisotopic (exact) mass is 399 g/mol. The molecule has 2 N–H and O–H groups in total. The second-order valence-corrected chi connectivity index (χ2v) is 9.66. The summed E-state index contributed by atoms with van der Waals surface area (Å²) in [6, 6.07) is 6.04. The van der Waals surface area contributed by atoms with Crippen LogP contribution in [0.3, 0.4) is 0 Å². The van der Waals surface area contributed by atoms with Gasteiger partial charge in [0, 0.05) is 5.92 Å². The van der Waals surface area contributed by atoms with Crippen molar-refractivity contribution >= 4 is 22.2 Å². The zero-order valence-electron chi connectivity index (χ0n) is 16.0. The largest absolute Gasteiger partial charge is 0.479 e. The first kappa shape index (κ1) is 21.2. The summed E-state index contributed by atoms with van der Waals surface area (Å²) in [5.74, 6) is -2.23. The van der Waals surface area contributed by atoms with Gasteiger partial charge >= 0.3 is 12.1 Å². The number of hydrogen-bond acceptors (Lipinski definition) is 5. The van der Waals surface area contributed by atoms with Crippen LogP contribution in [-0.4, -0.2) is 53.8 Å². The summed E-state index contributed by atoms with van der Waals surface area (Å²) >= 11 is 0. The standard InChI is InChI=1S/C18H25NO7S/c1-11-6-8-12(9-7-11)27(24,25)26-13-10-19(16(22)23)18(5,15(20)21)14(13)17(2,3)4/h6-9,13-14H,10H2,1-5H3,(H,20,21)(H,22,23)/t13-,14?,18-/m0/s1. The van der Waals surface area contributed by atoms with Gasteiger partial charge in [0.05, 0.1) is 11.4 Å². The Morgan fingerprint density at radius 2 is 1.70 bits per heavy atom. The summed E-state index contributed by atoms with van der Waals surface area (Å²) in [4.78, 5) is 24.4. The van der Waals surface area contributed by atoms with E-state index < -0.39 is 45.2 Å². The topological polar surface area (TPSA) is 121 Å². The minimum atomic E-state index is -4.19. The van der Waals surface area contributed by atoms with Crippen LogP contribution in [0.2, 0.25) is 0 Å². The summed E-state index contributed by atoms with van der Waals surface area (Å²) in [5, 5.41) is 19.3. The SMILES string of the molecule is Cc1ccc(S(=O)(=O)O[C@H]2CN(C(=O)O)[C@](C)(C(=O)O)C2C(C)(C)C)cc1. The van der Waals surface area contributed by atoms with Crippen molar-refractivity contribution in [1.29, 1.82) is 0 Å². The highest BCUT2D eigenvalue weighted by Crippen LogP contribution is 2.47. The molecule has 1 aromatic carbocycles. The number of nitrogens with zero attached hydrogens (tertiary/aromatic N) is 1. The summed E-state index contributed by atoms with van der Waals surface area (Å²) in [6.45, 7) is 7.95. The fourth-order valence-electron chi connectivity index (χ4n) is 3.94. The van der Waals surface area contributed by atoms with Gasteiger partial charge < -0.3 is 10.2 Å². The fraction of sp³-hybridized carbons (Fsp3) is 0.556. The van der Waals surface area contributed by atoms with Crippen molar-refractivity contribution in [2.24, 2.45) is 11.3 Å². The van der Waals surface area contributed by atoms with E-state index in [9.17, 15) is 28.2 Å². The molecule has 0 saturated carbocycles. The van der Waals surface area contributed by atoms with Gasteiger partial charge in [-0.15, -0.1) is 0 Å². The lowest BCUT2D eigenvalue weighted by Gasteiger charge is -2.41. The number of carbonyl (C=O) groups is 2. The highest BCUT2D eigenvalue weighted by atomic mass is 32.2. The zero-order chi connectivity index (χ0) is 20.8. The lowest BCUT2D eigenvalue weighted by molar-refractivity contribution is -0.153. The zero-order valence-corrected chi connectivity index (χ0v) is 16.8. The maximum absolute atomic E-state index is 12.7. The Labute approximate surface area is 158 Å². The van der Waals surface area contributed by atoms with Crippen molar-refractivity contribution in [3.63, 3.8) is 0 Å². The second-order valence-electron chi connectivity index (χ2n) is 8.09. The number of hydrogen-bond donors (Lipinski definition) is 2. The third-order valence-corrected chi connectivity index (χ3v) is 6.41. The Morgan fingerprint density at radius 3 is 2.11 bits per heavy atom. The van der Waals surface area contributed by atoms with E-state index in [-0.39, 0.29) is 11.4 Å². The van der Waals surface area contributed by atoms with E-state index in [0.29, 0.717) is 0 Å². The summed E-state index contributed by atoms with van der Waals surface area (Å²) < 4.78 is 30.8. The highest BCUT2D eigenvalue weighted by Gasteiger charge is 2.62. The van der Waals surface area contributed by atoms with Gasteiger partial charge in [-0.25, -0.2) is 9.59 Å². The molecule has 2 rings (SSSR count). The molecule has 1 unspecified atom stereocenters. The molecule has 1 aliphatic rings. The normalized spacial score (nSPS) is 26.2. The van der Waals surface area contributed by atoms with E-state index in [1.165, 1.54) is 19.1 Å². The quantitative estimate of drug-likeness (QED) is 0.746. The molecule has 3 atom stereocenters. The first-order chi connectivity index (χ1) is 12.2. The van der Waals surface area contributed by atoms with Gasteiger partial charge in [-0.2, -0.15) is 8.42 Å². The van der Waals surface area contributed by atoms with Crippen molar-refractivity contribution < 1.29 is 32.4 Å². The number of likely N-dealkylation sites (tertiary alicyclic amines) is 1. The molecule has 9 heteroatoms. The molecule has 0 aliphatic carbocycles. The smallest absolute Gasteiger partial charge is 0.408 e. The van der Waals surface area contributed by atoms with E-state index in [2.05, 4.69) is 0 Å². The molecule has 1 heterocycles. The molecule has 0 aromatic heterocycles. The van der Waals surface area contributed by atoms with Crippen molar-refractivity contribution in [1.82, 2.24) is 4.90 Å². The number of carboxylic acids is 1. The Kier molecular flexibility index (Phi) is 5.33. The van der Waals surface area contributed by atoms with E-state index >= 15 is 0 Å². The minimum Gasteiger partial charge on any atom is -0.479 e. The van der Waals surface area contributed by atoms with Crippen LogP contribution in [-0.2, 0) is 19.1 Å². The Hall–Kier alpha value is -2.13. The first-order valence-corrected chi connectivity index (χ1v) is 9.86. The molecule has 1 aliphatic heterocycles. The molecule has 1 saturated heterocycles. The molecule has 150 valence electrons. The Bertz CT molecular complexity index is 841. The summed E-state index contributed by atoms with van der Waals surface area (Å²) in [5.41, 5.74) is -1.68. The van der Waals surface area contributed by atoms with Crippen LogP contribution < -0.4 is 0 Å². The van der Waals surface area contributed by atoms with Crippen molar-refractivity contribution in [3.05, 3.63) is 29.8 Å². The van der Waals surface area contributed by atoms with Gasteiger partial charge in [0.1, 0.15) is 11.6 Å². The number of carboxylic acid groups (broad SMARTS) is 2. The molecule has 27 heavy (non-hydrogen) atoms. The average molecular weight is 399 g/mol. The first-order valence-electron chi connectivity index (χ1n) is 8.45. The van der Waals surface area contributed by atoms with Gasteiger partial charge in [-0.3, -0.25) is 9.08 Å². The van der Waals surface area contributed by atoms with Crippen LogP contribution in [0.1, 0.15) is 33.3 Å². The lowest BCUT2D eigenvalue weighted by atomic mass is 9.69. The average Bonchev–Trinajstić information content (AvgIpc) is 2.81. The molecular formula is C18H25NO7S. The maximum Gasteiger partial charge on any atom is 0.408 e. The second kappa shape index (κ2) is 6.79. The maximum atomic E-state index is 12.7. The summed E-state index contributed by atoms with van der Waals surface area (Å²) in [6.07, 6.45) is -2.57. The van der Waals surface area contributed by atoms with Crippen LogP contribution in [0.15, 0.2) is 29.2 Å². The highest BCUT2D eigenvalue weighted by molar-refractivity contribution is 7.86. The third kappa shape index (κ3) is 3.79. The van der Waals surface area contributed by atoms with E-state index in [0.717, 1.165) is 10.5 Å². The van der Waals surface area contributed by atoms with E-state index in [1.807, 2.05) is 6.92 Å². The molecule has 0 bridgehead atoms. The fourth-order valence-corrected chi connectivity index (χ4v) is 5.02. The van der Waals surface area contributed by atoms with Crippen molar-refractivity contribution in [2.45, 2.75) is 51.2 Å². The number of rotatable bonds is 4. The van der Waals surface area contributed by atoms with Crippen LogP contribution in [0, 0.1) is 18.3 Å². The third-order valence-electron chi connectivity index (χ3n) is 5.06. The van der Waals surface area contributed by atoms with Gasteiger partial charge in [-0.05, 0) is 31.4 Å². The number of benzene rings is 1. The Balaban J connectivity index is 2.50. The summed E-state index contributed by atoms with van der Waals surface area (Å²) in [7, 11) is -4.19. The number of aliphatic carboxylic acids is 1. The van der Waals surface area contributed by atoms with Gasteiger partial charge in [0.2, 0.25) is 0 Å². The molecule has 1 fully saturated rings. The molecule has 0 spiro atoms.